The molecule has 1 saturated heterocycles. The van der Waals surface area contributed by atoms with Crippen LogP contribution in [0.3, 0.4) is 0 Å². The molecule has 0 saturated carbocycles. The lowest BCUT2D eigenvalue weighted by molar-refractivity contribution is -0.148. The molecule has 1 aromatic carbocycles. The van der Waals surface area contributed by atoms with Gasteiger partial charge in [0.2, 0.25) is 5.91 Å². The Morgan fingerprint density at radius 1 is 1.39 bits per heavy atom. The van der Waals surface area contributed by atoms with Crippen LogP contribution in [0.15, 0.2) is 34.7 Å². The highest BCUT2D eigenvalue weighted by atomic mass is 16.5. The fraction of sp³-hybridized carbons (Fsp3) is 0.412. The summed E-state index contributed by atoms with van der Waals surface area (Å²) in [5, 5.41) is 9.83. The Hall–Kier alpha value is -2.34. The predicted molar refractivity (Wildman–Crippen MR) is 83.2 cm³/mol. The monoisotopic (exact) mass is 317 g/mol. The first-order chi connectivity index (χ1) is 11.0. The van der Waals surface area contributed by atoms with Crippen LogP contribution >= 0.6 is 0 Å². The molecule has 1 amide bonds. The molecule has 1 aliphatic heterocycles. The van der Waals surface area contributed by atoms with Crippen molar-refractivity contribution in [2.45, 2.75) is 25.4 Å². The SMILES string of the molecule is C[C@H](C(=O)N1CCO[C@H](CC(=O)O)C1)c1cc2ccccc2o1. The molecule has 1 N–H and O–H groups in total. The topological polar surface area (TPSA) is 80.0 Å². The van der Waals surface area contributed by atoms with Gasteiger partial charge in [-0.1, -0.05) is 18.2 Å². The van der Waals surface area contributed by atoms with E-state index >= 15 is 0 Å². The Labute approximate surface area is 133 Å². The highest BCUT2D eigenvalue weighted by Crippen LogP contribution is 2.27. The number of morpholine rings is 1. The van der Waals surface area contributed by atoms with E-state index in [4.69, 9.17) is 14.3 Å². The van der Waals surface area contributed by atoms with Gasteiger partial charge in [-0.25, -0.2) is 0 Å². The van der Waals surface area contributed by atoms with Gasteiger partial charge in [0.25, 0.3) is 0 Å². The number of ether oxygens (including phenoxy) is 1. The zero-order valence-electron chi connectivity index (χ0n) is 12.9. The van der Waals surface area contributed by atoms with Gasteiger partial charge in [0.1, 0.15) is 11.3 Å². The van der Waals surface area contributed by atoms with Crippen molar-refractivity contribution in [3.8, 4) is 0 Å². The second kappa shape index (κ2) is 6.42. The molecule has 0 spiro atoms. The van der Waals surface area contributed by atoms with Crippen LogP contribution < -0.4 is 0 Å². The number of hydrogen-bond donors (Lipinski definition) is 1. The van der Waals surface area contributed by atoms with Crippen LogP contribution in [0, 0.1) is 0 Å². The van der Waals surface area contributed by atoms with Crippen LogP contribution in [0.5, 0.6) is 0 Å². The number of nitrogens with zero attached hydrogens (tertiary/aromatic N) is 1. The Balaban J connectivity index is 1.72. The third-order valence-electron chi connectivity index (χ3n) is 4.09. The zero-order valence-corrected chi connectivity index (χ0v) is 12.9. The van der Waals surface area contributed by atoms with E-state index in [0.717, 1.165) is 11.0 Å². The van der Waals surface area contributed by atoms with Gasteiger partial charge in [-0.05, 0) is 19.1 Å². The first-order valence-corrected chi connectivity index (χ1v) is 7.65. The average molecular weight is 317 g/mol. The molecular formula is C17H19NO5. The van der Waals surface area contributed by atoms with Gasteiger partial charge in [-0.15, -0.1) is 0 Å². The predicted octanol–water partition coefficient (Wildman–Crippen LogP) is 2.24. The van der Waals surface area contributed by atoms with Crippen LogP contribution in [-0.4, -0.2) is 47.7 Å². The number of aliphatic carboxylic acids is 1. The zero-order chi connectivity index (χ0) is 16.4. The molecule has 1 fully saturated rings. The molecule has 1 aliphatic rings. The minimum atomic E-state index is -0.922. The van der Waals surface area contributed by atoms with Crippen molar-refractivity contribution >= 4 is 22.8 Å². The molecule has 6 heteroatoms. The summed E-state index contributed by atoms with van der Waals surface area (Å²) in [5.41, 5.74) is 0.757. The normalized spacial score (nSPS) is 19.7. The summed E-state index contributed by atoms with van der Waals surface area (Å²) in [5.74, 6) is -0.777. The van der Waals surface area contributed by atoms with E-state index in [1.54, 1.807) is 4.90 Å². The Kier molecular flexibility index (Phi) is 4.34. The maximum atomic E-state index is 12.7. The van der Waals surface area contributed by atoms with Crippen LogP contribution in [0.1, 0.15) is 25.0 Å². The smallest absolute Gasteiger partial charge is 0.306 e. The minimum Gasteiger partial charge on any atom is -0.481 e. The van der Waals surface area contributed by atoms with E-state index in [1.165, 1.54) is 0 Å². The Bertz CT molecular complexity index is 690. The quantitative estimate of drug-likeness (QED) is 0.935. The number of para-hydroxylation sites is 1. The Morgan fingerprint density at radius 2 is 2.17 bits per heavy atom. The third-order valence-corrected chi connectivity index (χ3v) is 4.09. The third kappa shape index (κ3) is 3.37. The van der Waals surface area contributed by atoms with Crippen molar-refractivity contribution in [3.05, 3.63) is 36.1 Å². The van der Waals surface area contributed by atoms with Crippen molar-refractivity contribution in [2.24, 2.45) is 0 Å². The first-order valence-electron chi connectivity index (χ1n) is 7.65. The summed E-state index contributed by atoms with van der Waals surface area (Å²) in [6, 6.07) is 9.51. The Morgan fingerprint density at radius 3 is 2.91 bits per heavy atom. The summed E-state index contributed by atoms with van der Waals surface area (Å²) < 4.78 is 11.2. The van der Waals surface area contributed by atoms with E-state index in [0.29, 0.717) is 25.5 Å². The summed E-state index contributed by atoms with van der Waals surface area (Å²) in [6.07, 6.45) is -0.545. The van der Waals surface area contributed by atoms with Crippen molar-refractivity contribution in [2.75, 3.05) is 19.7 Å². The van der Waals surface area contributed by atoms with Gasteiger partial charge < -0.3 is 19.2 Å². The lowest BCUT2D eigenvalue weighted by Crippen LogP contribution is -2.47. The van der Waals surface area contributed by atoms with Gasteiger partial charge in [0.15, 0.2) is 0 Å². The fourth-order valence-electron chi connectivity index (χ4n) is 2.85. The van der Waals surface area contributed by atoms with Crippen molar-refractivity contribution in [3.63, 3.8) is 0 Å². The first kappa shape index (κ1) is 15.6. The second-order valence-electron chi connectivity index (χ2n) is 5.78. The van der Waals surface area contributed by atoms with Crippen LogP contribution in [0.4, 0.5) is 0 Å². The van der Waals surface area contributed by atoms with Gasteiger partial charge in [0, 0.05) is 18.5 Å². The summed E-state index contributed by atoms with van der Waals surface area (Å²) >= 11 is 0. The van der Waals surface area contributed by atoms with Crippen molar-refractivity contribution in [1.82, 2.24) is 4.90 Å². The number of hydrogen-bond acceptors (Lipinski definition) is 4. The highest BCUT2D eigenvalue weighted by Gasteiger charge is 2.30. The summed E-state index contributed by atoms with van der Waals surface area (Å²) in [7, 11) is 0. The summed E-state index contributed by atoms with van der Waals surface area (Å²) in [4.78, 5) is 25.1. The summed E-state index contributed by atoms with van der Waals surface area (Å²) in [6.45, 7) is 2.94. The molecule has 3 rings (SSSR count). The maximum absolute atomic E-state index is 12.7. The molecule has 122 valence electrons. The molecule has 0 radical (unpaired) electrons. The van der Waals surface area contributed by atoms with E-state index in [2.05, 4.69) is 0 Å². The number of rotatable bonds is 4. The van der Waals surface area contributed by atoms with Gasteiger partial charge in [-0.2, -0.15) is 0 Å². The van der Waals surface area contributed by atoms with Crippen molar-refractivity contribution in [1.29, 1.82) is 0 Å². The number of furan rings is 1. The average Bonchev–Trinajstić information content (AvgIpc) is 2.97. The lowest BCUT2D eigenvalue weighted by atomic mass is 10.1. The fourth-order valence-corrected chi connectivity index (χ4v) is 2.85. The highest BCUT2D eigenvalue weighted by molar-refractivity contribution is 5.85. The number of carbonyl (C=O) groups excluding carboxylic acids is 1. The van der Waals surface area contributed by atoms with E-state index in [-0.39, 0.29) is 12.3 Å². The second-order valence-corrected chi connectivity index (χ2v) is 5.78. The molecule has 0 bridgehead atoms. The molecule has 2 atom stereocenters. The number of benzene rings is 1. The number of amides is 1. The van der Waals surface area contributed by atoms with E-state index < -0.39 is 18.0 Å². The molecular weight excluding hydrogens is 298 g/mol. The number of carbonyl (C=O) groups is 2. The van der Waals surface area contributed by atoms with Gasteiger partial charge >= 0.3 is 5.97 Å². The number of carboxylic acid groups (broad SMARTS) is 1. The van der Waals surface area contributed by atoms with Gasteiger partial charge in [0.05, 0.1) is 25.0 Å². The van der Waals surface area contributed by atoms with E-state index in [1.807, 2.05) is 37.3 Å². The minimum absolute atomic E-state index is 0.0669. The van der Waals surface area contributed by atoms with Crippen LogP contribution in [0.2, 0.25) is 0 Å². The molecule has 2 aromatic rings. The van der Waals surface area contributed by atoms with Crippen molar-refractivity contribution < 1.29 is 23.8 Å². The van der Waals surface area contributed by atoms with Gasteiger partial charge in [-0.3, -0.25) is 9.59 Å². The van der Waals surface area contributed by atoms with Crippen LogP contribution in [0.25, 0.3) is 11.0 Å². The molecule has 1 aromatic heterocycles. The molecule has 2 heterocycles. The van der Waals surface area contributed by atoms with Crippen LogP contribution in [-0.2, 0) is 14.3 Å². The molecule has 23 heavy (non-hydrogen) atoms. The standard InChI is InChI=1S/C17H19NO5/c1-11(15-8-12-4-2-3-5-14(12)23-15)17(21)18-6-7-22-13(10-18)9-16(19)20/h2-5,8,11,13H,6-7,9-10H2,1H3,(H,19,20)/t11-,13+/m0/s1. The molecule has 0 unspecified atom stereocenters. The van der Waals surface area contributed by atoms with E-state index in [9.17, 15) is 9.59 Å². The molecule has 0 aliphatic carbocycles. The largest absolute Gasteiger partial charge is 0.481 e. The number of fused-ring (bicyclic) bond motifs is 1. The lowest BCUT2D eigenvalue weighted by Gasteiger charge is -2.33. The maximum Gasteiger partial charge on any atom is 0.306 e. The molecule has 6 nitrogen and oxygen atoms in total. The number of carboxylic acids is 1.